The van der Waals surface area contributed by atoms with E-state index >= 15 is 0 Å². The molecular formula is C21H26N4O6S. The van der Waals surface area contributed by atoms with Crippen molar-refractivity contribution in [3.63, 3.8) is 0 Å². The average molecular weight is 463 g/mol. The lowest BCUT2D eigenvalue weighted by atomic mass is 10.2. The monoisotopic (exact) mass is 462 g/mol. The predicted octanol–water partition coefficient (Wildman–Crippen LogP) is 1.86. The number of anilines is 2. The largest absolute Gasteiger partial charge is 0.495 e. The van der Waals surface area contributed by atoms with Crippen LogP contribution in [0.4, 0.5) is 16.2 Å². The molecule has 3 N–H and O–H groups in total. The van der Waals surface area contributed by atoms with Gasteiger partial charge in [-0.25, -0.2) is 13.2 Å². The van der Waals surface area contributed by atoms with Gasteiger partial charge >= 0.3 is 6.03 Å². The third kappa shape index (κ3) is 5.75. The number of ether oxygens (including phenoxy) is 2. The van der Waals surface area contributed by atoms with Gasteiger partial charge in [0.2, 0.25) is 15.9 Å². The quantitative estimate of drug-likeness (QED) is 0.577. The first kappa shape index (κ1) is 23.5. The van der Waals surface area contributed by atoms with Crippen LogP contribution in [-0.4, -0.2) is 64.1 Å². The minimum absolute atomic E-state index is 0.0259. The van der Waals surface area contributed by atoms with Crippen molar-refractivity contribution < 1.29 is 27.5 Å². The summed E-state index contributed by atoms with van der Waals surface area (Å²) in [6, 6.07) is 11.6. The number of sulfonamides is 1. The molecule has 0 saturated carbocycles. The Morgan fingerprint density at radius 3 is 2.41 bits per heavy atom. The van der Waals surface area contributed by atoms with Gasteiger partial charge in [0.05, 0.1) is 30.9 Å². The number of benzene rings is 2. The number of carbonyl (C=O) groups excluding carboxylic acids is 2. The van der Waals surface area contributed by atoms with Crippen molar-refractivity contribution in [3.05, 3.63) is 48.5 Å². The summed E-state index contributed by atoms with van der Waals surface area (Å²) < 4.78 is 37.7. The molecule has 1 fully saturated rings. The number of morpholine rings is 1. The topological polar surface area (TPSA) is 126 Å². The summed E-state index contributed by atoms with van der Waals surface area (Å²) in [5.41, 5.74) is 0.768. The first-order valence-corrected chi connectivity index (χ1v) is 11.4. The highest BCUT2D eigenvalue weighted by Gasteiger charge is 2.27. The molecule has 10 nitrogen and oxygen atoms in total. The summed E-state index contributed by atoms with van der Waals surface area (Å²) in [5.74, 6) is -0.243. The fraction of sp³-hybridized carbons (Fsp3) is 0.333. The fourth-order valence-electron chi connectivity index (χ4n) is 3.07. The molecule has 2 aromatic rings. The van der Waals surface area contributed by atoms with Crippen LogP contribution in [0.5, 0.6) is 5.75 Å². The summed E-state index contributed by atoms with van der Waals surface area (Å²) >= 11 is 0. The average Bonchev–Trinajstić information content (AvgIpc) is 2.80. The number of nitrogens with one attached hydrogen (secondary N) is 3. The van der Waals surface area contributed by atoms with Crippen LogP contribution in [0.25, 0.3) is 0 Å². The number of amides is 3. The van der Waals surface area contributed by atoms with E-state index < -0.39 is 28.0 Å². The second kappa shape index (κ2) is 10.4. The second-order valence-corrected chi connectivity index (χ2v) is 8.99. The molecule has 0 radical (unpaired) electrons. The first-order valence-electron chi connectivity index (χ1n) is 10.0. The highest BCUT2D eigenvalue weighted by molar-refractivity contribution is 7.89. The summed E-state index contributed by atoms with van der Waals surface area (Å²) in [6.45, 7) is 2.68. The maximum atomic E-state index is 12.9. The molecule has 1 aliphatic rings. The number of rotatable bonds is 7. The minimum Gasteiger partial charge on any atom is -0.495 e. The van der Waals surface area contributed by atoms with Crippen LogP contribution in [-0.2, 0) is 19.6 Å². The maximum absolute atomic E-state index is 12.9. The lowest BCUT2D eigenvalue weighted by Gasteiger charge is -2.26. The van der Waals surface area contributed by atoms with Crippen LogP contribution in [0.3, 0.4) is 0 Å². The Labute approximate surface area is 186 Å². The molecule has 0 spiro atoms. The Balaban J connectivity index is 1.70. The summed E-state index contributed by atoms with van der Waals surface area (Å²) in [4.78, 5) is 24.8. The number of nitrogens with zero attached hydrogens (tertiary/aromatic N) is 1. The van der Waals surface area contributed by atoms with E-state index in [4.69, 9.17) is 9.47 Å². The lowest BCUT2D eigenvalue weighted by molar-refractivity contribution is -0.117. The van der Waals surface area contributed by atoms with E-state index in [9.17, 15) is 18.0 Å². The Hall–Kier alpha value is -3.15. The standard InChI is InChI=1S/C21H26N4O6S/c1-15(22-21(27)23-16-6-4-3-5-7-16)20(26)24-18-14-17(8-9-19(18)30-2)32(28,29)25-10-12-31-13-11-25/h3-9,14-15H,10-13H2,1-2H3,(H,24,26)(H2,22,23,27). The normalized spacial score (nSPS) is 15.4. The molecule has 1 unspecified atom stereocenters. The van der Waals surface area contributed by atoms with Gasteiger partial charge in [-0.3, -0.25) is 4.79 Å². The fourth-order valence-corrected chi connectivity index (χ4v) is 4.51. The van der Waals surface area contributed by atoms with Crippen molar-refractivity contribution in [2.24, 2.45) is 0 Å². The minimum atomic E-state index is -3.75. The van der Waals surface area contributed by atoms with Crippen LogP contribution in [0.1, 0.15) is 6.92 Å². The van der Waals surface area contributed by atoms with E-state index in [1.165, 1.54) is 36.5 Å². The summed E-state index contributed by atoms with van der Waals surface area (Å²) in [5, 5.41) is 7.80. The van der Waals surface area contributed by atoms with E-state index in [0.29, 0.717) is 24.7 Å². The first-order chi connectivity index (χ1) is 15.3. The Kier molecular flexibility index (Phi) is 7.67. The molecule has 32 heavy (non-hydrogen) atoms. The molecule has 3 amide bonds. The van der Waals surface area contributed by atoms with Crippen LogP contribution < -0.4 is 20.7 Å². The van der Waals surface area contributed by atoms with Gasteiger partial charge in [-0.2, -0.15) is 4.31 Å². The van der Waals surface area contributed by atoms with Crippen molar-refractivity contribution in [2.75, 3.05) is 44.0 Å². The Bertz CT molecular complexity index is 1060. The van der Waals surface area contributed by atoms with Crippen molar-refractivity contribution in [2.45, 2.75) is 17.9 Å². The number of urea groups is 1. The smallest absolute Gasteiger partial charge is 0.319 e. The van der Waals surface area contributed by atoms with Crippen LogP contribution >= 0.6 is 0 Å². The highest BCUT2D eigenvalue weighted by atomic mass is 32.2. The van der Waals surface area contributed by atoms with Crippen molar-refractivity contribution in [1.29, 1.82) is 0 Å². The van der Waals surface area contributed by atoms with E-state index in [-0.39, 0.29) is 23.7 Å². The second-order valence-electron chi connectivity index (χ2n) is 7.05. The van der Waals surface area contributed by atoms with Gasteiger partial charge in [-0.15, -0.1) is 0 Å². The number of para-hydroxylation sites is 1. The Morgan fingerprint density at radius 1 is 1.06 bits per heavy atom. The van der Waals surface area contributed by atoms with Gasteiger partial charge in [0.25, 0.3) is 0 Å². The number of hydrogen-bond donors (Lipinski definition) is 3. The highest BCUT2D eigenvalue weighted by Crippen LogP contribution is 2.29. The molecule has 2 aromatic carbocycles. The Morgan fingerprint density at radius 2 is 1.75 bits per heavy atom. The summed E-state index contributed by atoms with van der Waals surface area (Å²) in [6.07, 6.45) is 0. The van der Waals surface area contributed by atoms with Crippen molar-refractivity contribution >= 4 is 33.3 Å². The van der Waals surface area contributed by atoms with Crippen LogP contribution in [0.15, 0.2) is 53.4 Å². The molecular weight excluding hydrogens is 436 g/mol. The van der Waals surface area contributed by atoms with Crippen LogP contribution in [0, 0.1) is 0 Å². The van der Waals surface area contributed by atoms with E-state index in [0.717, 1.165) is 0 Å². The molecule has 11 heteroatoms. The molecule has 1 saturated heterocycles. The zero-order valence-electron chi connectivity index (χ0n) is 17.8. The molecule has 0 aliphatic carbocycles. The number of methoxy groups -OCH3 is 1. The van der Waals surface area contributed by atoms with Gasteiger partial charge < -0.3 is 25.4 Å². The van der Waals surface area contributed by atoms with Crippen LogP contribution in [0.2, 0.25) is 0 Å². The van der Waals surface area contributed by atoms with Gasteiger partial charge in [-0.1, -0.05) is 18.2 Å². The van der Waals surface area contributed by atoms with Gasteiger partial charge in [0, 0.05) is 18.8 Å². The van der Waals surface area contributed by atoms with Gasteiger partial charge in [0.1, 0.15) is 11.8 Å². The van der Waals surface area contributed by atoms with Gasteiger partial charge in [0.15, 0.2) is 0 Å². The van der Waals surface area contributed by atoms with Gasteiger partial charge in [-0.05, 0) is 37.3 Å². The maximum Gasteiger partial charge on any atom is 0.319 e. The third-order valence-corrected chi connectivity index (χ3v) is 6.70. The van der Waals surface area contributed by atoms with E-state index in [2.05, 4.69) is 16.0 Å². The molecule has 1 aliphatic heterocycles. The zero-order valence-corrected chi connectivity index (χ0v) is 18.6. The molecule has 3 rings (SSSR count). The lowest BCUT2D eigenvalue weighted by Crippen LogP contribution is -2.43. The van der Waals surface area contributed by atoms with Crippen molar-refractivity contribution in [3.8, 4) is 5.75 Å². The molecule has 0 aromatic heterocycles. The van der Waals surface area contributed by atoms with Crippen molar-refractivity contribution in [1.82, 2.24) is 9.62 Å². The molecule has 1 heterocycles. The number of carbonyl (C=O) groups is 2. The number of hydrogen-bond acceptors (Lipinski definition) is 6. The molecule has 172 valence electrons. The van der Waals surface area contributed by atoms with E-state index in [1.54, 1.807) is 24.3 Å². The predicted molar refractivity (Wildman–Crippen MR) is 119 cm³/mol. The molecule has 1 atom stereocenters. The summed E-state index contributed by atoms with van der Waals surface area (Å²) in [7, 11) is -2.34. The van der Waals surface area contributed by atoms with E-state index in [1.807, 2.05) is 6.07 Å². The molecule has 0 bridgehead atoms. The third-order valence-electron chi connectivity index (χ3n) is 4.81. The SMILES string of the molecule is COc1ccc(S(=O)(=O)N2CCOCC2)cc1NC(=O)C(C)NC(=O)Nc1ccccc1. The zero-order chi connectivity index (χ0) is 23.1.